The van der Waals surface area contributed by atoms with Gasteiger partial charge in [-0.15, -0.1) is 0 Å². The van der Waals surface area contributed by atoms with E-state index in [4.69, 9.17) is 0 Å². The number of hydrogen-bond acceptors (Lipinski definition) is 3. The molecule has 4 heteroatoms. The quantitative estimate of drug-likeness (QED) is 0.708. The Morgan fingerprint density at radius 2 is 1.86 bits per heavy atom. The van der Waals surface area contributed by atoms with Crippen molar-refractivity contribution in [3.8, 4) is 0 Å². The minimum Gasteiger partial charge on any atom is -0.498 e. The molecule has 0 aromatic heterocycles. The molecule has 2 rings (SSSR count). The molecular formula is C10H8O3S. The third-order valence-corrected chi connectivity index (χ3v) is 3.64. The van der Waals surface area contributed by atoms with Gasteiger partial charge in [0.1, 0.15) is 0 Å². The van der Waals surface area contributed by atoms with Gasteiger partial charge in [0.2, 0.25) is 14.9 Å². The molecule has 0 unspecified atom stereocenters. The molecule has 1 N–H and O–H groups in total. The minimum absolute atomic E-state index is 0.141. The van der Waals surface area contributed by atoms with E-state index in [0.29, 0.717) is 5.56 Å². The Morgan fingerprint density at radius 1 is 1.14 bits per heavy atom. The van der Waals surface area contributed by atoms with E-state index in [-0.39, 0.29) is 4.90 Å². The summed E-state index contributed by atoms with van der Waals surface area (Å²) in [4.78, 5) is 0.141. The van der Waals surface area contributed by atoms with Crippen LogP contribution in [0.2, 0.25) is 0 Å². The van der Waals surface area contributed by atoms with Gasteiger partial charge in [-0.05, 0) is 17.7 Å². The average molecular weight is 208 g/mol. The van der Waals surface area contributed by atoms with Crippen molar-refractivity contribution in [3.63, 3.8) is 0 Å². The fourth-order valence-corrected chi connectivity index (χ4v) is 2.49. The zero-order chi connectivity index (χ0) is 10.2. The number of hydrogen-bond donors (Lipinski definition) is 1. The highest BCUT2D eigenvalue weighted by molar-refractivity contribution is 7.95. The van der Waals surface area contributed by atoms with Crippen LogP contribution in [0.25, 0.3) is 6.08 Å². The second-order valence-corrected chi connectivity index (χ2v) is 4.77. The van der Waals surface area contributed by atoms with E-state index < -0.39 is 14.9 Å². The van der Waals surface area contributed by atoms with E-state index in [1.165, 1.54) is 18.2 Å². The Balaban J connectivity index is 2.81. The van der Waals surface area contributed by atoms with Gasteiger partial charge < -0.3 is 5.11 Å². The molecule has 1 heterocycles. The standard InChI is InChI=1S/C10H8O3S/c11-10-7-3-5-8-4-1-2-6-9(8)14(10,12)13/h1-7,11H. The largest absolute Gasteiger partial charge is 0.498 e. The fraction of sp³-hybridized carbons (Fsp3) is 0. The van der Waals surface area contributed by atoms with Gasteiger partial charge in [0, 0.05) is 0 Å². The van der Waals surface area contributed by atoms with Crippen LogP contribution in [0.3, 0.4) is 0 Å². The summed E-state index contributed by atoms with van der Waals surface area (Å²) in [6.45, 7) is 0. The van der Waals surface area contributed by atoms with Crippen LogP contribution in [0.1, 0.15) is 5.56 Å². The van der Waals surface area contributed by atoms with Gasteiger partial charge in [-0.2, -0.15) is 0 Å². The van der Waals surface area contributed by atoms with Crippen molar-refractivity contribution in [2.75, 3.05) is 0 Å². The van der Waals surface area contributed by atoms with E-state index in [9.17, 15) is 13.5 Å². The number of sulfone groups is 1. The maximum atomic E-state index is 11.7. The summed E-state index contributed by atoms with van der Waals surface area (Å²) in [5.41, 5.74) is 0.591. The molecule has 0 saturated heterocycles. The van der Waals surface area contributed by atoms with Gasteiger partial charge in [0.25, 0.3) is 0 Å². The van der Waals surface area contributed by atoms with Crippen LogP contribution in [0.5, 0.6) is 0 Å². The first kappa shape index (κ1) is 9.02. The second kappa shape index (κ2) is 2.99. The predicted octanol–water partition coefficient (Wildman–Crippen LogP) is 1.89. The lowest BCUT2D eigenvalue weighted by Crippen LogP contribution is -2.04. The highest BCUT2D eigenvalue weighted by Crippen LogP contribution is 2.25. The molecule has 0 spiro atoms. The lowest BCUT2D eigenvalue weighted by Gasteiger charge is -2.03. The average Bonchev–Trinajstić information content (AvgIpc) is 2.27. The molecule has 0 saturated carbocycles. The molecule has 1 aromatic carbocycles. The van der Waals surface area contributed by atoms with Gasteiger partial charge in [0.15, 0.2) is 0 Å². The Hall–Kier alpha value is -1.55. The number of aliphatic hydroxyl groups excluding tert-OH is 1. The molecule has 1 aliphatic heterocycles. The zero-order valence-corrected chi connectivity index (χ0v) is 8.03. The van der Waals surface area contributed by atoms with E-state index in [1.807, 2.05) is 0 Å². The highest BCUT2D eigenvalue weighted by Gasteiger charge is 2.23. The molecule has 1 aliphatic rings. The van der Waals surface area contributed by atoms with Crippen molar-refractivity contribution in [2.24, 2.45) is 0 Å². The van der Waals surface area contributed by atoms with Crippen LogP contribution < -0.4 is 0 Å². The Morgan fingerprint density at radius 3 is 2.64 bits per heavy atom. The van der Waals surface area contributed by atoms with Crippen LogP contribution >= 0.6 is 0 Å². The third kappa shape index (κ3) is 1.24. The van der Waals surface area contributed by atoms with Crippen LogP contribution in [0.4, 0.5) is 0 Å². The van der Waals surface area contributed by atoms with Crippen LogP contribution in [0, 0.1) is 0 Å². The normalized spacial score (nSPS) is 18.1. The summed E-state index contributed by atoms with van der Waals surface area (Å²) in [6.07, 6.45) is 4.34. The minimum atomic E-state index is -3.70. The van der Waals surface area contributed by atoms with E-state index in [2.05, 4.69) is 0 Å². The molecule has 14 heavy (non-hydrogen) atoms. The van der Waals surface area contributed by atoms with Crippen molar-refractivity contribution in [2.45, 2.75) is 4.90 Å². The second-order valence-electron chi connectivity index (χ2n) is 2.91. The van der Waals surface area contributed by atoms with E-state index in [1.54, 1.807) is 24.3 Å². The van der Waals surface area contributed by atoms with Crippen molar-refractivity contribution < 1.29 is 13.5 Å². The topological polar surface area (TPSA) is 54.4 Å². The molecule has 0 amide bonds. The highest BCUT2D eigenvalue weighted by atomic mass is 32.2. The van der Waals surface area contributed by atoms with Gasteiger partial charge in [0.05, 0.1) is 4.90 Å². The van der Waals surface area contributed by atoms with Gasteiger partial charge in [-0.1, -0.05) is 30.4 Å². The predicted molar refractivity (Wildman–Crippen MR) is 53.4 cm³/mol. The first-order valence-corrected chi connectivity index (χ1v) is 5.52. The summed E-state index contributed by atoms with van der Waals surface area (Å²) >= 11 is 0. The van der Waals surface area contributed by atoms with Crippen LogP contribution in [0.15, 0.2) is 46.4 Å². The summed E-state index contributed by atoms with van der Waals surface area (Å²) in [5.74, 6) is 0. The Labute approximate surface area is 81.9 Å². The number of allylic oxidation sites excluding steroid dienone is 2. The van der Waals surface area contributed by atoms with Crippen LogP contribution in [-0.4, -0.2) is 13.5 Å². The molecule has 72 valence electrons. The number of rotatable bonds is 0. The van der Waals surface area contributed by atoms with Crippen LogP contribution in [-0.2, 0) is 9.84 Å². The third-order valence-electron chi connectivity index (χ3n) is 2.00. The van der Waals surface area contributed by atoms with Gasteiger partial charge in [-0.3, -0.25) is 0 Å². The summed E-state index contributed by atoms with van der Waals surface area (Å²) < 4.78 is 23.3. The SMILES string of the molecule is O=S1(=O)C(O)=CC=Cc2ccccc21. The first-order chi connectivity index (χ1) is 6.62. The maximum absolute atomic E-state index is 11.7. The molecule has 0 bridgehead atoms. The summed E-state index contributed by atoms with van der Waals surface area (Å²) in [7, 11) is -3.70. The molecule has 3 nitrogen and oxygen atoms in total. The smallest absolute Gasteiger partial charge is 0.239 e. The monoisotopic (exact) mass is 208 g/mol. The molecule has 1 aromatic rings. The maximum Gasteiger partial charge on any atom is 0.239 e. The van der Waals surface area contributed by atoms with Crippen molar-refractivity contribution in [3.05, 3.63) is 47.1 Å². The Kier molecular flexibility index (Phi) is 1.93. The van der Waals surface area contributed by atoms with Crippen molar-refractivity contribution in [1.29, 1.82) is 0 Å². The number of benzene rings is 1. The summed E-state index contributed by atoms with van der Waals surface area (Å²) in [5, 5.41) is 8.67. The van der Waals surface area contributed by atoms with Gasteiger partial charge in [-0.25, -0.2) is 8.42 Å². The van der Waals surface area contributed by atoms with E-state index in [0.717, 1.165) is 0 Å². The lowest BCUT2D eigenvalue weighted by atomic mass is 10.2. The van der Waals surface area contributed by atoms with E-state index >= 15 is 0 Å². The first-order valence-electron chi connectivity index (χ1n) is 4.04. The zero-order valence-electron chi connectivity index (χ0n) is 7.21. The lowest BCUT2D eigenvalue weighted by molar-refractivity contribution is 0.439. The summed E-state index contributed by atoms with van der Waals surface area (Å²) in [6, 6.07) is 6.55. The number of aliphatic hydroxyl groups is 1. The van der Waals surface area contributed by atoms with Gasteiger partial charge >= 0.3 is 0 Å². The molecule has 0 aliphatic carbocycles. The van der Waals surface area contributed by atoms with Crippen molar-refractivity contribution in [1.82, 2.24) is 0 Å². The Bertz CT molecular complexity index is 524. The molecule has 0 radical (unpaired) electrons. The number of fused-ring (bicyclic) bond motifs is 1. The van der Waals surface area contributed by atoms with Crippen molar-refractivity contribution >= 4 is 15.9 Å². The molecule has 0 atom stereocenters. The molecule has 0 fully saturated rings. The fourth-order valence-electron chi connectivity index (χ4n) is 1.30. The molecular weight excluding hydrogens is 200 g/mol.